The third-order valence-corrected chi connectivity index (χ3v) is 4.90. The molecule has 0 aromatic heterocycles. The summed E-state index contributed by atoms with van der Waals surface area (Å²) in [6.07, 6.45) is -4.92. The molecule has 2 atom stereocenters. The summed E-state index contributed by atoms with van der Waals surface area (Å²) in [5.74, 6) is -2.87. The number of halogens is 3. The monoisotopic (exact) mass is 467 g/mol. The van der Waals surface area contributed by atoms with Gasteiger partial charge < -0.3 is 16.0 Å². The standard InChI is InChI=1S/C22H24F3N3O3S/c1-4-18(28-21(31)22(23,24)25)19-16(12(2)32)6-5-7-17(19)20(30)27-15-10-8-14(9-11-15)26-13(3)29/h5-12,18,32H,4H2,1-3H3,(H,26,29)(H,27,30)(H,28,31). The quantitative estimate of drug-likeness (QED) is 0.432. The highest BCUT2D eigenvalue weighted by molar-refractivity contribution is 7.80. The molecule has 172 valence electrons. The van der Waals surface area contributed by atoms with E-state index in [0.29, 0.717) is 16.9 Å². The van der Waals surface area contributed by atoms with Crippen molar-refractivity contribution in [1.29, 1.82) is 0 Å². The van der Waals surface area contributed by atoms with E-state index in [1.165, 1.54) is 13.0 Å². The first-order valence-electron chi connectivity index (χ1n) is 9.81. The fourth-order valence-electron chi connectivity index (χ4n) is 3.19. The van der Waals surface area contributed by atoms with Gasteiger partial charge in [-0.2, -0.15) is 25.8 Å². The van der Waals surface area contributed by atoms with Crippen molar-refractivity contribution in [2.45, 2.75) is 44.7 Å². The number of hydrogen-bond donors (Lipinski definition) is 4. The zero-order valence-electron chi connectivity index (χ0n) is 17.7. The van der Waals surface area contributed by atoms with Crippen molar-refractivity contribution in [3.05, 3.63) is 59.2 Å². The third-order valence-electron chi connectivity index (χ3n) is 4.62. The van der Waals surface area contributed by atoms with Crippen molar-refractivity contribution in [3.8, 4) is 0 Å². The topological polar surface area (TPSA) is 87.3 Å². The van der Waals surface area contributed by atoms with E-state index in [9.17, 15) is 27.6 Å². The number of benzene rings is 2. The Hall–Kier alpha value is -3.01. The summed E-state index contributed by atoms with van der Waals surface area (Å²) in [7, 11) is 0. The number of alkyl halides is 3. The van der Waals surface area contributed by atoms with Crippen LogP contribution in [0.5, 0.6) is 0 Å². The van der Waals surface area contributed by atoms with E-state index in [4.69, 9.17) is 0 Å². The van der Waals surface area contributed by atoms with E-state index in [0.717, 1.165) is 0 Å². The van der Waals surface area contributed by atoms with Gasteiger partial charge in [-0.25, -0.2) is 0 Å². The molecule has 0 aliphatic heterocycles. The molecule has 3 N–H and O–H groups in total. The van der Waals surface area contributed by atoms with Gasteiger partial charge in [0.15, 0.2) is 0 Å². The van der Waals surface area contributed by atoms with Gasteiger partial charge in [-0.05, 0) is 54.8 Å². The van der Waals surface area contributed by atoms with Crippen LogP contribution in [0, 0.1) is 0 Å². The Balaban J connectivity index is 2.40. The van der Waals surface area contributed by atoms with Crippen LogP contribution in [0.25, 0.3) is 0 Å². The van der Waals surface area contributed by atoms with E-state index >= 15 is 0 Å². The molecule has 0 saturated heterocycles. The van der Waals surface area contributed by atoms with Gasteiger partial charge in [-0.3, -0.25) is 14.4 Å². The van der Waals surface area contributed by atoms with Gasteiger partial charge in [0, 0.05) is 29.1 Å². The van der Waals surface area contributed by atoms with E-state index in [2.05, 4.69) is 23.3 Å². The van der Waals surface area contributed by atoms with Gasteiger partial charge in [-0.1, -0.05) is 19.1 Å². The van der Waals surface area contributed by atoms with Gasteiger partial charge in [0.05, 0.1) is 6.04 Å². The summed E-state index contributed by atoms with van der Waals surface area (Å²) in [6, 6.07) is 10.1. The number of thiol groups is 1. The molecule has 3 amide bonds. The zero-order valence-corrected chi connectivity index (χ0v) is 18.6. The summed E-state index contributed by atoms with van der Waals surface area (Å²) in [4.78, 5) is 35.7. The second-order valence-electron chi connectivity index (χ2n) is 7.13. The molecule has 2 aromatic carbocycles. The molecular weight excluding hydrogens is 443 g/mol. The molecule has 2 unspecified atom stereocenters. The van der Waals surface area contributed by atoms with Crippen molar-refractivity contribution < 1.29 is 27.6 Å². The van der Waals surface area contributed by atoms with Crippen LogP contribution in [0.15, 0.2) is 42.5 Å². The minimum Gasteiger partial charge on any atom is -0.341 e. The molecule has 2 rings (SSSR count). The SMILES string of the molecule is CCC(NC(=O)C(F)(F)F)c1c(C(=O)Nc2ccc(NC(C)=O)cc2)cccc1C(C)S. The minimum absolute atomic E-state index is 0.128. The van der Waals surface area contributed by atoms with Gasteiger partial charge in [-0.15, -0.1) is 0 Å². The van der Waals surface area contributed by atoms with Crippen LogP contribution < -0.4 is 16.0 Å². The van der Waals surface area contributed by atoms with Crippen molar-refractivity contribution in [2.24, 2.45) is 0 Å². The molecule has 0 fully saturated rings. The lowest BCUT2D eigenvalue weighted by atomic mass is 9.91. The lowest BCUT2D eigenvalue weighted by Crippen LogP contribution is -2.39. The molecule has 6 nitrogen and oxygen atoms in total. The van der Waals surface area contributed by atoms with E-state index in [1.807, 2.05) is 5.32 Å². The highest BCUT2D eigenvalue weighted by Gasteiger charge is 2.40. The lowest BCUT2D eigenvalue weighted by molar-refractivity contribution is -0.174. The first-order valence-corrected chi connectivity index (χ1v) is 10.3. The molecule has 32 heavy (non-hydrogen) atoms. The number of hydrogen-bond acceptors (Lipinski definition) is 4. The van der Waals surface area contributed by atoms with Gasteiger partial charge >= 0.3 is 12.1 Å². The van der Waals surface area contributed by atoms with Gasteiger partial charge in [0.1, 0.15) is 0 Å². The molecular formula is C22H24F3N3O3S. The number of amides is 3. The average Bonchev–Trinajstić information content (AvgIpc) is 2.71. The van der Waals surface area contributed by atoms with Crippen LogP contribution >= 0.6 is 12.6 Å². The molecule has 0 aliphatic carbocycles. The summed E-state index contributed by atoms with van der Waals surface area (Å²) in [5.41, 5.74) is 1.91. The smallest absolute Gasteiger partial charge is 0.341 e. The number of anilines is 2. The Morgan fingerprint density at radius 1 is 1.00 bits per heavy atom. The fraction of sp³-hybridized carbons (Fsp3) is 0.318. The maximum absolute atomic E-state index is 13.0. The Morgan fingerprint density at radius 3 is 2.03 bits per heavy atom. The van der Waals surface area contributed by atoms with Crippen LogP contribution in [0.4, 0.5) is 24.5 Å². The molecule has 0 spiro atoms. The van der Waals surface area contributed by atoms with Gasteiger partial charge in [0.25, 0.3) is 5.91 Å². The van der Waals surface area contributed by atoms with Crippen LogP contribution in [-0.4, -0.2) is 23.9 Å². The number of carbonyl (C=O) groups excluding carboxylic acids is 3. The van der Waals surface area contributed by atoms with Crippen LogP contribution in [0.3, 0.4) is 0 Å². The molecule has 0 heterocycles. The average molecular weight is 468 g/mol. The first kappa shape index (κ1) is 25.3. The summed E-state index contributed by atoms with van der Waals surface area (Å²) in [6.45, 7) is 4.71. The zero-order chi connectivity index (χ0) is 24.1. The van der Waals surface area contributed by atoms with Crippen molar-refractivity contribution in [1.82, 2.24) is 5.32 Å². The summed E-state index contributed by atoms with van der Waals surface area (Å²) in [5, 5.41) is 6.89. The second-order valence-corrected chi connectivity index (χ2v) is 7.90. The highest BCUT2D eigenvalue weighted by Crippen LogP contribution is 2.33. The van der Waals surface area contributed by atoms with E-state index in [1.54, 1.807) is 50.2 Å². The van der Waals surface area contributed by atoms with Crippen molar-refractivity contribution in [3.63, 3.8) is 0 Å². The third kappa shape index (κ3) is 6.49. The van der Waals surface area contributed by atoms with Crippen LogP contribution in [0.2, 0.25) is 0 Å². The molecule has 10 heteroatoms. The maximum atomic E-state index is 13.0. The predicted octanol–water partition coefficient (Wildman–Crippen LogP) is 5.02. The Labute approximate surface area is 189 Å². The summed E-state index contributed by atoms with van der Waals surface area (Å²) >= 11 is 4.39. The Bertz CT molecular complexity index is 992. The Kier molecular flexibility index (Phi) is 8.31. The summed E-state index contributed by atoms with van der Waals surface area (Å²) < 4.78 is 38.5. The van der Waals surface area contributed by atoms with E-state index < -0.39 is 29.3 Å². The molecule has 0 saturated carbocycles. The second kappa shape index (κ2) is 10.5. The molecule has 0 bridgehead atoms. The Morgan fingerprint density at radius 2 is 1.56 bits per heavy atom. The fourth-order valence-corrected chi connectivity index (χ4v) is 3.42. The minimum atomic E-state index is -5.05. The first-order chi connectivity index (χ1) is 14.9. The maximum Gasteiger partial charge on any atom is 0.471 e. The van der Waals surface area contributed by atoms with E-state index in [-0.39, 0.29) is 23.5 Å². The lowest BCUT2D eigenvalue weighted by Gasteiger charge is -2.25. The largest absolute Gasteiger partial charge is 0.471 e. The molecule has 2 aromatic rings. The molecule has 0 radical (unpaired) electrons. The number of rotatable bonds is 7. The van der Waals surface area contributed by atoms with Crippen LogP contribution in [0.1, 0.15) is 60.0 Å². The molecule has 0 aliphatic rings. The van der Waals surface area contributed by atoms with Crippen LogP contribution in [-0.2, 0) is 9.59 Å². The normalized spacial score (nSPS) is 13.1. The van der Waals surface area contributed by atoms with Gasteiger partial charge in [0.2, 0.25) is 5.91 Å². The predicted molar refractivity (Wildman–Crippen MR) is 120 cm³/mol. The number of nitrogens with one attached hydrogen (secondary N) is 3. The number of carbonyl (C=O) groups is 3. The van der Waals surface area contributed by atoms with Crippen molar-refractivity contribution in [2.75, 3.05) is 10.6 Å². The van der Waals surface area contributed by atoms with Crippen molar-refractivity contribution >= 4 is 41.7 Å². The highest BCUT2D eigenvalue weighted by atomic mass is 32.1.